The lowest BCUT2D eigenvalue weighted by Gasteiger charge is -2.11. The van der Waals surface area contributed by atoms with Crippen molar-refractivity contribution in [2.24, 2.45) is 0 Å². The van der Waals surface area contributed by atoms with Crippen molar-refractivity contribution in [2.45, 2.75) is 25.0 Å². The van der Waals surface area contributed by atoms with Gasteiger partial charge in [-0.2, -0.15) is 10.5 Å². The van der Waals surface area contributed by atoms with Crippen LogP contribution < -0.4 is 0 Å². The van der Waals surface area contributed by atoms with Gasteiger partial charge in [0.05, 0.1) is 12.1 Å². The molecule has 0 aliphatic carbocycles. The highest BCUT2D eigenvalue weighted by atomic mass is 16.5. The molecule has 0 radical (unpaired) electrons. The number of nitriles is 2. The van der Waals surface area contributed by atoms with Crippen LogP contribution in [-0.2, 0) is 32.3 Å². The summed E-state index contributed by atoms with van der Waals surface area (Å²) in [6.07, 6.45) is 0. The first-order chi connectivity index (χ1) is 15.6. The summed E-state index contributed by atoms with van der Waals surface area (Å²) >= 11 is 0. The van der Waals surface area contributed by atoms with Crippen LogP contribution in [0.15, 0.2) is 84.9 Å². The molecule has 158 valence electrons. The van der Waals surface area contributed by atoms with Gasteiger partial charge in [-0.15, -0.1) is 0 Å². The maximum Gasteiger partial charge on any atom is 0.328 e. The fourth-order valence-corrected chi connectivity index (χ4v) is 3.02. The van der Waals surface area contributed by atoms with Crippen LogP contribution in [0, 0.1) is 22.7 Å². The lowest BCUT2D eigenvalue weighted by atomic mass is 10.0. The summed E-state index contributed by atoms with van der Waals surface area (Å²) in [6.45, 7) is 0.0445. The Morgan fingerprint density at radius 1 is 0.625 bits per heavy atom. The lowest BCUT2D eigenvalue weighted by Crippen LogP contribution is -2.15. The normalized spacial score (nSPS) is 11.9. The molecule has 3 aromatic rings. The molecule has 2 atom stereocenters. The molecule has 0 amide bonds. The van der Waals surface area contributed by atoms with Crippen molar-refractivity contribution in [3.63, 3.8) is 0 Å². The summed E-state index contributed by atoms with van der Waals surface area (Å²) < 4.78 is 10.6. The van der Waals surface area contributed by atoms with Crippen molar-refractivity contribution in [2.75, 3.05) is 0 Å². The monoisotopic (exact) mass is 424 g/mol. The number of nitrogens with zero attached hydrogens (tertiary/aromatic N) is 2. The zero-order chi connectivity index (χ0) is 22.8. The summed E-state index contributed by atoms with van der Waals surface area (Å²) in [4.78, 5) is 24.5. The van der Waals surface area contributed by atoms with E-state index in [9.17, 15) is 20.1 Å². The number of carbonyl (C=O) groups is 2. The van der Waals surface area contributed by atoms with Crippen LogP contribution in [0.25, 0.3) is 0 Å². The lowest BCUT2D eigenvalue weighted by molar-refractivity contribution is -0.146. The van der Waals surface area contributed by atoms with Crippen LogP contribution in [0.5, 0.6) is 0 Å². The molecule has 2 unspecified atom stereocenters. The second-order valence-corrected chi connectivity index (χ2v) is 6.98. The van der Waals surface area contributed by atoms with E-state index in [1.807, 2.05) is 24.3 Å². The molecule has 0 bridgehead atoms. The Bertz CT molecular complexity index is 1040. The fourth-order valence-electron chi connectivity index (χ4n) is 3.02. The van der Waals surface area contributed by atoms with E-state index >= 15 is 0 Å². The van der Waals surface area contributed by atoms with E-state index in [-0.39, 0.29) is 13.2 Å². The Kier molecular flexibility index (Phi) is 7.73. The molecule has 6 heteroatoms. The number of hydrogen-bond donors (Lipinski definition) is 0. The van der Waals surface area contributed by atoms with Gasteiger partial charge in [-0.25, -0.2) is 0 Å². The van der Waals surface area contributed by atoms with Crippen molar-refractivity contribution in [1.82, 2.24) is 0 Å². The second-order valence-electron chi connectivity index (χ2n) is 6.98. The first-order valence-electron chi connectivity index (χ1n) is 9.92. The van der Waals surface area contributed by atoms with Crippen LogP contribution in [0.3, 0.4) is 0 Å². The van der Waals surface area contributed by atoms with Crippen LogP contribution in [0.1, 0.15) is 34.1 Å². The average Bonchev–Trinajstić information content (AvgIpc) is 2.84. The molecule has 0 saturated heterocycles. The Morgan fingerprint density at radius 2 is 0.969 bits per heavy atom. The van der Waals surface area contributed by atoms with E-state index in [2.05, 4.69) is 0 Å². The van der Waals surface area contributed by atoms with Gasteiger partial charge in [0.2, 0.25) is 0 Å². The molecule has 0 aliphatic rings. The number of esters is 2. The van der Waals surface area contributed by atoms with E-state index in [1.54, 1.807) is 72.8 Å². The van der Waals surface area contributed by atoms with Gasteiger partial charge in [0.15, 0.2) is 11.8 Å². The Morgan fingerprint density at radius 3 is 1.28 bits per heavy atom. The zero-order valence-electron chi connectivity index (χ0n) is 17.2. The molecule has 32 heavy (non-hydrogen) atoms. The third-order valence-corrected chi connectivity index (χ3v) is 4.78. The van der Waals surface area contributed by atoms with Gasteiger partial charge >= 0.3 is 11.9 Å². The van der Waals surface area contributed by atoms with Crippen LogP contribution in [0.4, 0.5) is 0 Å². The molecule has 3 aromatic carbocycles. The molecular formula is C26H20N2O4. The number of ether oxygens (including phenoxy) is 2. The van der Waals surface area contributed by atoms with Gasteiger partial charge in [-0.05, 0) is 22.3 Å². The van der Waals surface area contributed by atoms with Crippen molar-refractivity contribution in [3.05, 3.63) is 107 Å². The summed E-state index contributed by atoms with van der Waals surface area (Å²) in [6, 6.07) is 28.4. The van der Waals surface area contributed by atoms with Gasteiger partial charge in [-0.3, -0.25) is 9.59 Å². The third-order valence-electron chi connectivity index (χ3n) is 4.78. The van der Waals surface area contributed by atoms with Crippen molar-refractivity contribution >= 4 is 11.9 Å². The van der Waals surface area contributed by atoms with Crippen LogP contribution in [0.2, 0.25) is 0 Å². The maximum atomic E-state index is 12.3. The Labute approximate surface area is 186 Å². The number of benzene rings is 3. The predicted octanol–water partition coefficient (Wildman–Crippen LogP) is 4.39. The van der Waals surface area contributed by atoms with Gasteiger partial charge in [0.25, 0.3) is 0 Å². The second kappa shape index (κ2) is 11.1. The Hall–Kier alpha value is -4.42. The number of carbonyl (C=O) groups excluding carboxylic acids is 2. The molecule has 0 aromatic heterocycles. The highest BCUT2D eigenvalue weighted by molar-refractivity contribution is 5.81. The van der Waals surface area contributed by atoms with Gasteiger partial charge in [-0.1, -0.05) is 84.9 Å². The zero-order valence-corrected chi connectivity index (χ0v) is 17.2. The van der Waals surface area contributed by atoms with Crippen molar-refractivity contribution in [3.8, 4) is 12.1 Å². The SMILES string of the molecule is N#CC(C(=O)OCc1ccc(COC(=O)C(C#N)c2ccccc2)cc1)c1ccccc1. The van der Waals surface area contributed by atoms with E-state index in [4.69, 9.17) is 9.47 Å². The largest absolute Gasteiger partial charge is 0.460 e. The minimum atomic E-state index is -0.979. The predicted molar refractivity (Wildman–Crippen MR) is 116 cm³/mol. The van der Waals surface area contributed by atoms with E-state index < -0.39 is 23.8 Å². The molecule has 0 spiro atoms. The fraction of sp³-hybridized carbons (Fsp3) is 0.154. The minimum absolute atomic E-state index is 0.0223. The molecule has 6 nitrogen and oxygen atoms in total. The molecule has 0 heterocycles. The minimum Gasteiger partial charge on any atom is -0.460 e. The highest BCUT2D eigenvalue weighted by Gasteiger charge is 2.22. The molecule has 0 saturated carbocycles. The van der Waals surface area contributed by atoms with Gasteiger partial charge in [0, 0.05) is 0 Å². The quantitative estimate of drug-likeness (QED) is 0.497. The van der Waals surface area contributed by atoms with Crippen LogP contribution >= 0.6 is 0 Å². The van der Waals surface area contributed by atoms with E-state index in [0.29, 0.717) is 11.1 Å². The summed E-state index contributed by atoms with van der Waals surface area (Å²) in [7, 11) is 0. The van der Waals surface area contributed by atoms with E-state index in [0.717, 1.165) is 11.1 Å². The van der Waals surface area contributed by atoms with Crippen molar-refractivity contribution < 1.29 is 19.1 Å². The average molecular weight is 424 g/mol. The highest BCUT2D eigenvalue weighted by Crippen LogP contribution is 2.19. The number of rotatable bonds is 8. The third kappa shape index (κ3) is 5.81. The smallest absolute Gasteiger partial charge is 0.328 e. The Balaban J connectivity index is 1.52. The first-order valence-corrected chi connectivity index (χ1v) is 9.92. The number of hydrogen-bond acceptors (Lipinski definition) is 6. The molecule has 3 rings (SSSR count). The maximum absolute atomic E-state index is 12.3. The summed E-state index contributed by atoms with van der Waals surface area (Å²) in [5.41, 5.74) is 2.64. The van der Waals surface area contributed by atoms with Gasteiger partial charge < -0.3 is 9.47 Å². The topological polar surface area (TPSA) is 100 Å². The molecular weight excluding hydrogens is 404 g/mol. The summed E-state index contributed by atoms with van der Waals surface area (Å²) in [5.74, 6) is -3.18. The molecule has 0 fully saturated rings. The van der Waals surface area contributed by atoms with Gasteiger partial charge in [0.1, 0.15) is 13.2 Å². The van der Waals surface area contributed by atoms with Crippen molar-refractivity contribution in [1.29, 1.82) is 10.5 Å². The molecule has 0 aliphatic heterocycles. The van der Waals surface area contributed by atoms with Crippen LogP contribution in [-0.4, -0.2) is 11.9 Å². The first kappa shape index (κ1) is 22.3. The molecule has 0 N–H and O–H groups in total. The summed E-state index contributed by atoms with van der Waals surface area (Å²) in [5, 5.41) is 18.6. The van der Waals surface area contributed by atoms with E-state index in [1.165, 1.54) is 0 Å². The standard InChI is InChI=1S/C26H20N2O4/c27-15-23(21-7-3-1-4-8-21)25(29)31-17-19-11-13-20(14-12-19)18-32-26(30)24(16-28)22-9-5-2-6-10-22/h1-14,23-24H,17-18H2.